The van der Waals surface area contributed by atoms with Crippen LogP contribution in [0.5, 0.6) is 5.75 Å². The summed E-state index contributed by atoms with van der Waals surface area (Å²) in [5, 5.41) is 3.32. The Labute approximate surface area is 107 Å². The number of rotatable bonds is 6. The first-order valence-corrected chi connectivity index (χ1v) is 6.52. The van der Waals surface area contributed by atoms with Crippen molar-refractivity contribution in [3.05, 3.63) is 28.2 Å². The summed E-state index contributed by atoms with van der Waals surface area (Å²) < 4.78 is 6.87. The Bertz CT molecular complexity index is 328. The molecule has 1 rings (SSSR count). The Hall–Kier alpha value is -0.540. The molecule has 1 atom stereocenters. The van der Waals surface area contributed by atoms with E-state index in [9.17, 15) is 0 Å². The average Bonchev–Trinajstić information content (AvgIpc) is 2.27. The minimum absolute atomic E-state index is 0.526. The summed E-state index contributed by atoms with van der Waals surface area (Å²) in [6, 6.07) is 6.12. The predicted molar refractivity (Wildman–Crippen MR) is 72.1 cm³/mol. The molecule has 0 heterocycles. The van der Waals surface area contributed by atoms with Crippen molar-refractivity contribution >= 4 is 15.9 Å². The second kappa shape index (κ2) is 6.92. The highest BCUT2D eigenvalue weighted by Gasteiger charge is 2.04. The molecule has 0 aromatic heterocycles. The van der Waals surface area contributed by atoms with Crippen molar-refractivity contribution < 1.29 is 4.74 Å². The van der Waals surface area contributed by atoms with Crippen LogP contribution in [-0.4, -0.2) is 19.7 Å². The summed E-state index contributed by atoms with van der Waals surface area (Å²) in [5.41, 5.74) is 1.18. The van der Waals surface area contributed by atoms with Crippen LogP contribution in [0.25, 0.3) is 0 Å². The molecular weight excluding hydrogens is 266 g/mol. The summed E-state index contributed by atoms with van der Waals surface area (Å²) >= 11 is 3.45. The highest BCUT2D eigenvalue weighted by atomic mass is 79.9. The van der Waals surface area contributed by atoms with E-state index in [1.807, 2.05) is 12.1 Å². The first-order valence-electron chi connectivity index (χ1n) is 5.73. The van der Waals surface area contributed by atoms with Crippen molar-refractivity contribution in [1.29, 1.82) is 0 Å². The van der Waals surface area contributed by atoms with Crippen LogP contribution in [0.15, 0.2) is 22.7 Å². The zero-order valence-electron chi connectivity index (χ0n) is 10.2. The topological polar surface area (TPSA) is 21.3 Å². The maximum atomic E-state index is 5.81. The zero-order valence-corrected chi connectivity index (χ0v) is 11.8. The van der Waals surface area contributed by atoms with Gasteiger partial charge in [0.05, 0.1) is 6.61 Å². The molecule has 1 aromatic rings. The molecule has 0 bridgehead atoms. The van der Waals surface area contributed by atoms with Gasteiger partial charge in [0, 0.05) is 16.9 Å². The van der Waals surface area contributed by atoms with Gasteiger partial charge < -0.3 is 10.1 Å². The van der Waals surface area contributed by atoms with Crippen molar-refractivity contribution in [2.75, 3.05) is 19.7 Å². The van der Waals surface area contributed by atoms with Crippen LogP contribution in [0.3, 0.4) is 0 Å². The van der Waals surface area contributed by atoms with E-state index >= 15 is 0 Å². The van der Waals surface area contributed by atoms with E-state index in [1.54, 1.807) is 0 Å². The third kappa shape index (κ3) is 4.54. The third-order valence-corrected chi connectivity index (χ3v) is 2.91. The monoisotopic (exact) mass is 285 g/mol. The van der Waals surface area contributed by atoms with E-state index in [1.165, 1.54) is 5.56 Å². The number of hydrogen-bond acceptors (Lipinski definition) is 2. The lowest BCUT2D eigenvalue weighted by atomic mass is 10.2. The highest BCUT2D eigenvalue weighted by Crippen LogP contribution is 2.23. The number of ether oxygens (including phenoxy) is 1. The fourth-order valence-electron chi connectivity index (χ4n) is 1.41. The molecule has 0 saturated heterocycles. The average molecular weight is 286 g/mol. The van der Waals surface area contributed by atoms with Gasteiger partial charge in [0.1, 0.15) is 5.75 Å². The quantitative estimate of drug-likeness (QED) is 0.865. The largest absolute Gasteiger partial charge is 0.493 e. The van der Waals surface area contributed by atoms with Crippen molar-refractivity contribution in [2.24, 2.45) is 5.92 Å². The lowest BCUT2D eigenvalue weighted by Gasteiger charge is -2.15. The molecule has 0 spiro atoms. The summed E-state index contributed by atoms with van der Waals surface area (Å²) in [7, 11) is 0. The van der Waals surface area contributed by atoms with Crippen molar-refractivity contribution in [3.8, 4) is 5.75 Å². The van der Waals surface area contributed by atoms with Crippen LogP contribution in [0.2, 0.25) is 0 Å². The fraction of sp³-hybridized carbons (Fsp3) is 0.538. The number of aryl methyl sites for hydroxylation is 1. The van der Waals surface area contributed by atoms with Gasteiger partial charge in [-0.05, 0) is 31.2 Å². The molecule has 1 aromatic carbocycles. The van der Waals surface area contributed by atoms with Crippen molar-refractivity contribution in [1.82, 2.24) is 5.32 Å². The molecular formula is C13H20BrNO. The molecule has 0 saturated carbocycles. The second-order valence-electron chi connectivity index (χ2n) is 4.13. The van der Waals surface area contributed by atoms with Crippen LogP contribution in [0, 0.1) is 12.8 Å². The maximum Gasteiger partial charge on any atom is 0.123 e. The van der Waals surface area contributed by atoms with Gasteiger partial charge in [-0.1, -0.05) is 35.8 Å². The van der Waals surface area contributed by atoms with E-state index in [0.29, 0.717) is 5.92 Å². The normalized spacial score (nSPS) is 12.5. The first-order chi connectivity index (χ1) is 7.63. The van der Waals surface area contributed by atoms with Gasteiger partial charge in [0.2, 0.25) is 0 Å². The summed E-state index contributed by atoms with van der Waals surface area (Å²) in [5.74, 6) is 1.50. The Kier molecular flexibility index (Phi) is 5.85. The van der Waals surface area contributed by atoms with Crippen LogP contribution in [0.4, 0.5) is 0 Å². The molecule has 3 heteroatoms. The molecule has 2 nitrogen and oxygen atoms in total. The Morgan fingerprint density at radius 1 is 1.44 bits per heavy atom. The molecule has 0 aliphatic heterocycles. The molecule has 1 N–H and O–H groups in total. The highest BCUT2D eigenvalue weighted by molar-refractivity contribution is 9.10. The minimum atomic E-state index is 0.526. The van der Waals surface area contributed by atoms with Crippen LogP contribution >= 0.6 is 15.9 Å². The SMILES string of the molecule is CCNCC(C)COc1cc(Br)ccc1C. The smallest absolute Gasteiger partial charge is 0.123 e. The van der Waals surface area contributed by atoms with Crippen molar-refractivity contribution in [2.45, 2.75) is 20.8 Å². The van der Waals surface area contributed by atoms with Gasteiger partial charge in [-0.15, -0.1) is 0 Å². The van der Waals surface area contributed by atoms with E-state index in [0.717, 1.165) is 29.9 Å². The van der Waals surface area contributed by atoms with E-state index in [2.05, 4.69) is 48.1 Å². The summed E-state index contributed by atoms with van der Waals surface area (Å²) in [6.07, 6.45) is 0. The minimum Gasteiger partial charge on any atom is -0.493 e. The van der Waals surface area contributed by atoms with E-state index in [-0.39, 0.29) is 0 Å². The Morgan fingerprint density at radius 2 is 2.19 bits per heavy atom. The zero-order chi connectivity index (χ0) is 12.0. The van der Waals surface area contributed by atoms with Gasteiger partial charge in [-0.3, -0.25) is 0 Å². The standard InChI is InChI=1S/C13H20BrNO/c1-4-15-8-10(2)9-16-13-7-12(14)6-5-11(13)3/h5-7,10,15H,4,8-9H2,1-3H3. The summed E-state index contributed by atoms with van der Waals surface area (Å²) in [4.78, 5) is 0. The third-order valence-electron chi connectivity index (χ3n) is 2.42. The lowest BCUT2D eigenvalue weighted by Crippen LogP contribution is -2.24. The molecule has 0 aliphatic rings. The first kappa shape index (κ1) is 13.5. The second-order valence-corrected chi connectivity index (χ2v) is 5.05. The van der Waals surface area contributed by atoms with Crippen molar-refractivity contribution in [3.63, 3.8) is 0 Å². The fourth-order valence-corrected chi connectivity index (χ4v) is 1.75. The maximum absolute atomic E-state index is 5.81. The molecule has 0 aliphatic carbocycles. The van der Waals surface area contributed by atoms with E-state index < -0.39 is 0 Å². The van der Waals surface area contributed by atoms with Gasteiger partial charge in [-0.25, -0.2) is 0 Å². The number of nitrogens with one attached hydrogen (secondary N) is 1. The molecule has 0 radical (unpaired) electrons. The number of benzene rings is 1. The Balaban J connectivity index is 2.44. The molecule has 0 amide bonds. The predicted octanol–water partition coefficient (Wildman–Crippen LogP) is 3.38. The molecule has 16 heavy (non-hydrogen) atoms. The number of halogens is 1. The van der Waals surface area contributed by atoms with Gasteiger partial charge >= 0.3 is 0 Å². The van der Waals surface area contributed by atoms with Gasteiger partial charge in [-0.2, -0.15) is 0 Å². The van der Waals surface area contributed by atoms with E-state index in [4.69, 9.17) is 4.74 Å². The molecule has 0 fully saturated rings. The lowest BCUT2D eigenvalue weighted by molar-refractivity contribution is 0.255. The van der Waals surface area contributed by atoms with Crippen LogP contribution < -0.4 is 10.1 Å². The van der Waals surface area contributed by atoms with Crippen LogP contribution in [0.1, 0.15) is 19.4 Å². The summed E-state index contributed by atoms with van der Waals surface area (Å²) in [6.45, 7) is 9.15. The molecule has 1 unspecified atom stereocenters. The molecule has 90 valence electrons. The van der Waals surface area contributed by atoms with Gasteiger partial charge in [0.15, 0.2) is 0 Å². The van der Waals surface area contributed by atoms with Crippen LogP contribution in [-0.2, 0) is 0 Å². The van der Waals surface area contributed by atoms with Gasteiger partial charge in [0.25, 0.3) is 0 Å². The number of hydrogen-bond donors (Lipinski definition) is 1. The Morgan fingerprint density at radius 3 is 2.88 bits per heavy atom.